The maximum Gasteiger partial charge on any atom is 0.255 e. The van der Waals surface area contributed by atoms with E-state index in [4.69, 9.17) is 16.3 Å². The zero-order valence-corrected chi connectivity index (χ0v) is 19.0. The third-order valence-electron chi connectivity index (χ3n) is 5.09. The van der Waals surface area contributed by atoms with E-state index in [9.17, 15) is 22.4 Å². The van der Waals surface area contributed by atoms with Crippen molar-refractivity contribution in [3.8, 4) is 5.75 Å². The maximum absolute atomic E-state index is 13.9. The summed E-state index contributed by atoms with van der Waals surface area (Å²) in [6.07, 6.45) is 2.57. The summed E-state index contributed by atoms with van der Waals surface area (Å²) in [5, 5.41) is 7.01. The van der Waals surface area contributed by atoms with E-state index in [1.807, 2.05) is 19.1 Å². The molecular weight excluding hydrogens is 486 g/mol. The highest BCUT2D eigenvalue weighted by Crippen LogP contribution is 2.26. The van der Waals surface area contributed by atoms with Gasteiger partial charge in [0.2, 0.25) is 0 Å². The highest BCUT2D eigenvalue weighted by Gasteiger charge is 2.19. The molecule has 4 rings (SSSR count). The van der Waals surface area contributed by atoms with E-state index in [0.29, 0.717) is 16.3 Å². The van der Waals surface area contributed by atoms with Crippen molar-refractivity contribution in [1.29, 1.82) is 0 Å². The normalized spacial score (nSPS) is 10.9. The van der Waals surface area contributed by atoms with Crippen LogP contribution in [0.3, 0.4) is 0 Å². The summed E-state index contributed by atoms with van der Waals surface area (Å²) >= 11 is 6.15. The molecule has 1 heterocycles. The Kier molecular flexibility index (Phi) is 7.07. The lowest BCUT2D eigenvalue weighted by Crippen LogP contribution is -2.12. The number of anilines is 1. The lowest BCUT2D eigenvalue weighted by molar-refractivity contribution is 0.102. The van der Waals surface area contributed by atoms with Crippen molar-refractivity contribution < 1.29 is 27.1 Å². The minimum absolute atomic E-state index is 0.188. The van der Waals surface area contributed by atoms with Crippen LogP contribution in [0.25, 0.3) is 0 Å². The number of hydrogen-bond acceptors (Lipinski definition) is 3. The Morgan fingerprint density at radius 2 is 1.86 bits per heavy atom. The number of aryl methyl sites for hydroxylation is 1. The van der Waals surface area contributed by atoms with E-state index in [1.165, 1.54) is 12.4 Å². The van der Waals surface area contributed by atoms with Crippen LogP contribution in [-0.2, 0) is 13.2 Å². The average molecular weight is 504 g/mol. The number of rotatable bonds is 7. The van der Waals surface area contributed by atoms with Gasteiger partial charge in [-0.2, -0.15) is 5.10 Å². The first-order valence-corrected chi connectivity index (χ1v) is 10.7. The molecule has 0 radical (unpaired) electrons. The number of benzene rings is 3. The van der Waals surface area contributed by atoms with Gasteiger partial charge in [-0.15, -0.1) is 0 Å². The van der Waals surface area contributed by atoms with Gasteiger partial charge in [0.1, 0.15) is 18.2 Å². The van der Waals surface area contributed by atoms with Crippen molar-refractivity contribution >= 4 is 23.2 Å². The van der Waals surface area contributed by atoms with Crippen molar-refractivity contribution in [3.63, 3.8) is 0 Å². The molecule has 5 nitrogen and oxygen atoms in total. The Balaban J connectivity index is 1.42. The molecular formula is C25H18ClF4N3O2. The van der Waals surface area contributed by atoms with Gasteiger partial charge in [-0.05, 0) is 42.3 Å². The first kappa shape index (κ1) is 24.3. The predicted molar refractivity (Wildman–Crippen MR) is 123 cm³/mol. The number of carbonyl (C=O) groups excluding carboxylic acids is 1. The Morgan fingerprint density at radius 3 is 2.66 bits per heavy atom. The van der Waals surface area contributed by atoms with Crippen LogP contribution < -0.4 is 10.1 Å². The number of halogens is 5. The van der Waals surface area contributed by atoms with Crippen LogP contribution in [0, 0.1) is 30.2 Å². The summed E-state index contributed by atoms with van der Waals surface area (Å²) in [5.74, 6) is -6.18. The van der Waals surface area contributed by atoms with Crippen molar-refractivity contribution in [2.45, 2.75) is 20.1 Å². The SMILES string of the molecule is Cc1ccc(Cl)c(OCc2cccc(C(=O)Nc3cnn(Cc4c(F)cc(F)c(F)c4F)c3)c2)c1. The zero-order chi connectivity index (χ0) is 25.1. The molecule has 0 unspecified atom stereocenters. The van der Waals surface area contributed by atoms with Gasteiger partial charge in [-0.3, -0.25) is 9.48 Å². The lowest BCUT2D eigenvalue weighted by Gasteiger charge is -2.10. The molecule has 0 saturated carbocycles. The van der Waals surface area contributed by atoms with Gasteiger partial charge in [0.05, 0.1) is 23.5 Å². The summed E-state index contributed by atoms with van der Waals surface area (Å²) in [5.41, 5.74) is 1.62. The van der Waals surface area contributed by atoms with Crippen LogP contribution in [0.15, 0.2) is 60.9 Å². The first-order valence-electron chi connectivity index (χ1n) is 10.3. The van der Waals surface area contributed by atoms with Crippen LogP contribution in [0.5, 0.6) is 5.75 Å². The molecule has 35 heavy (non-hydrogen) atoms. The number of carbonyl (C=O) groups is 1. The van der Waals surface area contributed by atoms with Crippen molar-refractivity contribution in [3.05, 3.63) is 111 Å². The van der Waals surface area contributed by atoms with Gasteiger partial charge in [0.25, 0.3) is 5.91 Å². The minimum atomic E-state index is -1.77. The maximum atomic E-state index is 13.9. The average Bonchev–Trinajstić information content (AvgIpc) is 3.28. The monoisotopic (exact) mass is 503 g/mol. The van der Waals surface area contributed by atoms with Crippen LogP contribution >= 0.6 is 11.6 Å². The number of ether oxygens (including phenoxy) is 1. The Morgan fingerprint density at radius 1 is 1.06 bits per heavy atom. The second kappa shape index (κ2) is 10.2. The van der Waals surface area contributed by atoms with Gasteiger partial charge >= 0.3 is 0 Å². The minimum Gasteiger partial charge on any atom is -0.487 e. The standard InChI is InChI=1S/C25H18ClF4N3O2/c1-14-5-6-19(26)22(7-14)35-13-15-3-2-4-16(8-15)25(34)32-17-10-31-33(11-17)12-18-20(27)9-21(28)24(30)23(18)29/h2-11H,12-13H2,1H3,(H,32,34). The van der Waals surface area contributed by atoms with Gasteiger partial charge in [-0.1, -0.05) is 29.8 Å². The molecule has 180 valence electrons. The highest BCUT2D eigenvalue weighted by molar-refractivity contribution is 6.32. The fraction of sp³-hybridized carbons (Fsp3) is 0.120. The molecule has 1 N–H and O–H groups in total. The highest BCUT2D eigenvalue weighted by atomic mass is 35.5. The number of aromatic nitrogens is 2. The molecule has 0 aliphatic heterocycles. The van der Waals surface area contributed by atoms with Crippen LogP contribution in [0.4, 0.5) is 23.2 Å². The van der Waals surface area contributed by atoms with E-state index in [1.54, 1.807) is 30.3 Å². The third-order valence-corrected chi connectivity index (χ3v) is 5.40. The van der Waals surface area contributed by atoms with Gasteiger partial charge in [0.15, 0.2) is 17.5 Å². The molecule has 0 aliphatic rings. The molecule has 0 aliphatic carbocycles. The first-order chi connectivity index (χ1) is 16.7. The van der Waals surface area contributed by atoms with Gasteiger partial charge in [0, 0.05) is 23.4 Å². The van der Waals surface area contributed by atoms with Crippen LogP contribution in [-0.4, -0.2) is 15.7 Å². The smallest absolute Gasteiger partial charge is 0.255 e. The van der Waals surface area contributed by atoms with E-state index >= 15 is 0 Å². The topological polar surface area (TPSA) is 56.1 Å². The second-order valence-electron chi connectivity index (χ2n) is 7.75. The largest absolute Gasteiger partial charge is 0.487 e. The molecule has 3 aromatic carbocycles. The third kappa shape index (κ3) is 5.63. The second-order valence-corrected chi connectivity index (χ2v) is 8.16. The predicted octanol–water partition coefficient (Wildman–Crippen LogP) is 6.28. The number of nitrogens with zero attached hydrogens (tertiary/aromatic N) is 2. The number of amides is 1. The van der Waals surface area contributed by atoms with E-state index in [2.05, 4.69) is 10.4 Å². The lowest BCUT2D eigenvalue weighted by atomic mass is 10.1. The Hall–Kier alpha value is -3.85. The van der Waals surface area contributed by atoms with Gasteiger partial charge in [-0.25, -0.2) is 17.6 Å². The number of nitrogens with one attached hydrogen (secondary N) is 1. The van der Waals surface area contributed by atoms with E-state index in [0.717, 1.165) is 15.8 Å². The van der Waals surface area contributed by atoms with Crippen molar-refractivity contribution in [2.24, 2.45) is 0 Å². The molecule has 0 spiro atoms. The molecule has 0 bridgehead atoms. The summed E-state index contributed by atoms with van der Waals surface area (Å²) in [6.45, 7) is 1.61. The molecule has 0 atom stereocenters. The number of hydrogen-bond donors (Lipinski definition) is 1. The molecule has 0 fully saturated rings. The van der Waals surface area contributed by atoms with E-state index in [-0.39, 0.29) is 18.4 Å². The van der Waals surface area contributed by atoms with Gasteiger partial charge < -0.3 is 10.1 Å². The summed E-state index contributed by atoms with van der Waals surface area (Å²) < 4.78 is 61.2. The summed E-state index contributed by atoms with van der Waals surface area (Å²) in [6, 6.07) is 12.4. The quantitative estimate of drug-likeness (QED) is 0.183. The fourth-order valence-electron chi connectivity index (χ4n) is 3.31. The van der Waals surface area contributed by atoms with E-state index < -0.39 is 41.3 Å². The summed E-state index contributed by atoms with van der Waals surface area (Å²) in [4.78, 5) is 12.7. The molecule has 10 heteroatoms. The zero-order valence-electron chi connectivity index (χ0n) is 18.3. The molecule has 1 aromatic heterocycles. The molecule has 4 aromatic rings. The molecule has 0 saturated heterocycles. The van der Waals surface area contributed by atoms with Crippen molar-refractivity contribution in [2.75, 3.05) is 5.32 Å². The van der Waals surface area contributed by atoms with Crippen LogP contribution in [0.1, 0.15) is 27.0 Å². The fourth-order valence-corrected chi connectivity index (χ4v) is 3.49. The summed E-state index contributed by atoms with van der Waals surface area (Å²) in [7, 11) is 0. The van der Waals surface area contributed by atoms with Crippen LogP contribution in [0.2, 0.25) is 5.02 Å². The Bertz CT molecular complexity index is 1410. The molecule has 1 amide bonds. The van der Waals surface area contributed by atoms with Crippen molar-refractivity contribution in [1.82, 2.24) is 9.78 Å². The Labute approximate surface area is 202 Å².